The molecule has 1 aromatic heterocycles. The normalized spacial score (nSPS) is 12.1. The summed E-state index contributed by atoms with van der Waals surface area (Å²) in [7, 11) is 1.50. The number of aliphatic hydroxyl groups excluding tert-OH is 1. The Labute approximate surface area is 82.1 Å². The number of thioether (sulfide) groups is 1. The van der Waals surface area contributed by atoms with E-state index >= 15 is 0 Å². The number of halogens is 3. The molecule has 0 amide bonds. The Morgan fingerprint density at radius 1 is 1.43 bits per heavy atom. The molecule has 0 unspecified atom stereocenters. The van der Waals surface area contributed by atoms with Gasteiger partial charge in [0.1, 0.15) is 6.61 Å². The zero-order valence-corrected chi connectivity index (χ0v) is 8.06. The van der Waals surface area contributed by atoms with E-state index in [-0.39, 0.29) is 17.6 Å². The second-order valence-electron chi connectivity index (χ2n) is 2.52. The van der Waals surface area contributed by atoms with Gasteiger partial charge < -0.3 is 9.67 Å². The van der Waals surface area contributed by atoms with Crippen molar-refractivity contribution in [2.45, 2.75) is 17.9 Å². The molecule has 0 fully saturated rings. The summed E-state index contributed by atoms with van der Waals surface area (Å²) in [6, 6.07) is 0. The van der Waals surface area contributed by atoms with Crippen LogP contribution in [-0.2, 0) is 13.7 Å². The minimum absolute atomic E-state index is 0.145. The van der Waals surface area contributed by atoms with Gasteiger partial charge in [0, 0.05) is 7.05 Å². The Morgan fingerprint density at radius 2 is 2.07 bits per heavy atom. The average molecular weight is 227 g/mol. The molecule has 1 heterocycles. The van der Waals surface area contributed by atoms with Gasteiger partial charge in [-0.1, -0.05) is 11.8 Å². The summed E-state index contributed by atoms with van der Waals surface area (Å²) in [6.45, 7) is -0.337. The molecule has 1 rings (SSSR count). The first-order valence-electron chi connectivity index (χ1n) is 3.62. The monoisotopic (exact) mass is 227 g/mol. The molecular formula is C6H8F3N3OS. The molecule has 0 spiro atoms. The Hall–Kier alpha value is -0.760. The minimum atomic E-state index is -4.23. The fraction of sp³-hybridized carbons (Fsp3) is 0.667. The second-order valence-corrected chi connectivity index (χ2v) is 3.46. The van der Waals surface area contributed by atoms with Crippen molar-refractivity contribution in [3.8, 4) is 0 Å². The number of alkyl halides is 3. The topological polar surface area (TPSA) is 50.9 Å². The quantitative estimate of drug-likeness (QED) is 0.781. The van der Waals surface area contributed by atoms with Crippen LogP contribution < -0.4 is 0 Å². The summed E-state index contributed by atoms with van der Waals surface area (Å²) < 4.78 is 36.8. The Kier molecular flexibility index (Phi) is 3.38. The van der Waals surface area contributed by atoms with E-state index in [9.17, 15) is 13.2 Å². The summed E-state index contributed by atoms with van der Waals surface area (Å²) in [5.41, 5.74) is 0. The van der Waals surface area contributed by atoms with Crippen LogP contribution in [0.1, 0.15) is 5.82 Å². The van der Waals surface area contributed by atoms with Crippen LogP contribution in [-0.4, -0.2) is 31.8 Å². The molecule has 8 heteroatoms. The number of rotatable bonds is 3. The molecule has 0 bridgehead atoms. The van der Waals surface area contributed by atoms with Gasteiger partial charge in [-0.3, -0.25) is 0 Å². The van der Waals surface area contributed by atoms with Gasteiger partial charge in [0.2, 0.25) is 0 Å². The van der Waals surface area contributed by atoms with Gasteiger partial charge in [0.15, 0.2) is 11.0 Å². The third-order valence-corrected chi connectivity index (χ3v) is 2.52. The summed E-state index contributed by atoms with van der Waals surface area (Å²) in [6.07, 6.45) is -4.23. The van der Waals surface area contributed by atoms with E-state index in [0.29, 0.717) is 11.8 Å². The molecule has 80 valence electrons. The van der Waals surface area contributed by atoms with Crippen molar-refractivity contribution in [3.05, 3.63) is 5.82 Å². The SMILES string of the molecule is Cn1c(CO)nnc1SCC(F)(F)F. The first-order valence-corrected chi connectivity index (χ1v) is 4.61. The lowest BCUT2D eigenvalue weighted by atomic mass is 10.6. The number of hydrogen-bond donors (Lipinski definition) is 1. The second kappa shape index (κ2) is 4.18. The molecule has 0 aromatic carbocycles. The first kappa shape index (κ1) is 11.3. The van der Waals surface area contributed by atoms with Gasteiger partial charge in [0.05, 0.1) is 5.75 Å². The molecule has 0 atom stereocenters. The smallest absolute Gasteiger partial charge is 0.388 e. The van der Waals surface area contributed by atoms with Crippen LogP contribution in [0.5, 0.6) is 0 Å². The van der Waals surface area contributed by atoms with Crippen LogP contribution in [0, 0.1) is 0 Å². The average Bonchev–Trinajstić information content (AvgIpc) is 2.42. The predicted molar refractivity (Wildman–Crippen MR) is 43.7 cm³/mol. The fourth-order valence-electron chi connectivity index (χ4n) is 0.755. The first-order chi connectivity index (χ1) is 6.44. The third-order valence-electron chi connectivity index (χ3n) is 1.43. The summed E-state index contributed by atoms with van der Waals surface area (Å²) in [5.74, 6) is -0.764. The van der Waals surface area contributed by atoms with Crippen molar-refractivity contribution in [3.63, 3.8) is 0 Å². The lowest BCUT2D eigenvalue weighted by Gasteiger charge is -2.04. The number of nitrogens with zero attached hydrogens (tertiary/aromatic N) is 3. The Morgan fingerprint density at radius 3 is 2.50 bits per heavy atom. The van der Waals surface area contributed by atoms with Crippen molar-refractivity contribution in [1.82, 2.24) is 14.8 Å². The Balaban J connectivity index is 2.64. The van der Waals surface area contributed by atoms with Crippen molar-refractivity contribution in [1.29, 1.82) is 0 Å². The highest BCUT2D eigenvalue weighted by Gasteiger charge is 2.28. The molecule has 0 radical (unpaired) electrons. The van der Waals surface area contributed by atoms with Crippen LogP contribution in [0.4, 0.5) is 13.2 Å². The number of hydrogen-bond acceptors (Lipinski definition) is 4. The predicted octanol–water partition coefficient (Wildman–Crippen LogP) is 0.962. The van der Waals surface area contributed by atoms with E-state index in [4.69, 9.17) is 5.11 Å². The standard InChI is InChI=1S/C6H8F3N3OS/c1-12-4(2-13)10-11-5(12)14-3-6(7,8)9/h13H,2-3H2,1H3. The molecule has 1 N–H and O–H groups in total. The van der Waals surface area contributed by atoms with E-state index in [1.54, 1.807) is 0 Å². The molecule has 4 nitrogen and oxygen atoms in total. The van der Waals surface area contributed by atoms with E-state index < -0.39 is 11.9 Å². The van der Waals surface area contributed by atoms with Gasteiger partial charge in [-0.05, 0) is 0 Å². The third kappa shape index (κ3) is 2.88. The van der Waals surface area contributed by atoms with Crippen molar-refractivity contribution in [2.24, 2.45) is 7.05 Å². The highest BCUT2D eigenvalue weighted by Crippen LogP contribution is 2.25. The molecule has 1 aromatic rings. The number of aromatic nitrogens is 3. The maximum absolute atomic E-state index is 11.8. The summed E-state index contributed by atoms with van der Waals surface area (Å²) >= 11 is 0.543. The van der Waals surface area contributed by atoms with Crippen molar-refractivity contribution >= 4 is 11.8 Å². The van der Waals surface area contributed by atoms with E-state index in [0.717, 1.165) is 0 Å². The lowest BCUT2D eigenvalue weighted by Crippen LogP contribution is -2.11. The van der Waals surface area contributed by atoms with Crippen LogP contribution in [0.25, 0.3) is 0 Å². The molecule has 0 saturated carbocycles. The van der Waals surface area contributed by atoms with Crippen LogP contribution in [0.2, 0.25) is 0 Å². The summed E-state index contributed by atoms with van der Waals surface area (Å²) in [4.78, 5) is 0. The highest BCUT2D eigenvalue weighted by atomic mass is 32.2. The molecular weight excluding hydrogens is 219 g/mol. The maximum atomic E-state index is 11.8. The zero-order valence-electron chi connectivity index (χ0n) is 7.25. The van der Waals surface area contributed by atoms with Gasteiger partial charge in [-0.2, -0.15) is 13.2 Å². The highest BCUT2D eigenvalue weighted by molar-refractivity contribution is 7.99. The number of aliphatic hydroxyl groups is 1. The fourth-order valence-corrected chi connectivity index (χ4v) is 1.45. The van der Waals surface area contributed by atoms with Gasteiger partial charge >= 0.3 is 6.18 Å². The minimum Gasteiger partial charge on any atom is -0.388 e. The summed E-state index contributed by atoms with van der Waals surface area (Å²) in [5, 5.41) is 15.9. The molecule has 14 heavy (non-hydrogen) atoms. The van der Waals surface area contributed by atoms with E-state index in [2.05, 4.69) is 10.2 Å². The van der Waals surface area contributed by atoms with Crippen LogP contribution in [0.3, 0.4) is 0 Å². The van der Waals surface area contributed by atoms with Crippen LogP contribution >= 0.6 is 11.8 Å². The maximum Gasteiger partial charge on any atom is 0.398 e. The van der Waals surface area contributed by atoms with Crippen molar-refractivity contribution in [2.75, 3.05) is 5.75 Å². The molecule has 0 aliphatic heterocycles. The van der Waals surface area contributed by atoms with E-state index in [1.165, 1.54) is 11.6 Å². The van der Waals surface area contributed by atoms with Gasteiger partial charge in [0.25, 0.3) is 0 Å². The van der Waals surface area contributed by atoms with Gasteiger partial charge in [-0.15, -0.1) is 10.2 Å². The largest absolute Gasteiger partial charge is 0.398 e. The molecule has 0 aliphatic carbocycles. The Bertz CT molecular complexity index is 312. The van der Waals surface area contributed by atoms with E-state index in [1.807, 2.05) is 0 Å². The van der Waals surface area contributed by atoms with Crippen LogP contribution in [0.15, 0.2) is 5.16 Å². The zero-order chi connectivity index (χ0) is 10.8. The molecule has 0 aliphatic rings. The van der Waals surface area contributed by atoms with Crippen molar-refractivity contribution < 1.29 is 18.3 Å². The molecule has 0 saturated heterocycles. The van der Waals surface area contributed by atoms with Gasteiger partial charge in [-0.25, -0.2) is 0 Å². The lowest BCUT2D eigenvalue weighted by molar-refractivity contribution is -0.105.